The van der Waals surface area contributed by atoms with E-state index in [1.165, 1.54) is 6.07 Å². The Labute approximate surface area is 131 Å². The summed E-state index contributed by atoms with van der Waals surface area (Å²) in [6, 6.07) is 12.8. The Morgan fingerprint density at radius 1 is 1.24 bits per heavy atom. The maximum atomic E-state index is 13.6. The lowest BCUT2D eigenvalue weighted by Crippen LogP contribution is -2.26. The number of carbonyl (C=O) groups is 1. The highest BCUT2D eigenvalue weighted by atomic mass is 79.9. The number of aryl methyl sites for hydroxylation is 1. The summed E-state index contributed by atoms with van der Waals surface area (Å²) in [5, 5.41) is 0. The van der Waals surface area contributed by atoms with Gasteiger partial charge in [0.05, 0.1) is 10.4 Å². The molecule has 4 heteroatoms. The van der Waals surface area contributed by atoms with Crippen molar-refractivity contribution in [3.63, 3.8) is 0 Å². The lowest BCUT2D eigenvalue weighted by molar-refractivity contribution is -0.118. The third-order valence-corrected chi connectivity index (χ3v) is 4.51. The molecule has 1 fully saturated rings. The maximum Gasteiger partial charge on any atom is 0.234 e. The van der Waals surface area contributed by atoms with Crippen LogP contribution in [0, 0.1) is 12.7 Å². The van der Waals surface area contributed by atoms with Gasteiger partial charge < -0.3 is 4.90 Å². The second-order valence-corrected chi connectivity index (χ2v) is 6.20. The summed E-state index contributed by atoms with van der Waals surface area (Å²) < 4.78 is 14.1. The van der Waals surface area contributed by atoms with E-state index in [-0.39, 0.29) is 17.6 Å². The van der Waals surface area contributed by atoms with Gasteiger partial charge in [0.1, 0.15) is 5.82 Å². The van der Waals surface area contributed by atoms with E-state index < -0.39 is 0 Å². The number of amides is 1. The first-order chi connectivity index (χ1) is 10.1. The summed E-state index contributed by atoms with van der Waals surface area (Å²) >= 11 is 3.13. The molecule has 1 amide bonds. The van der Waals surface area contributed by atoms with Crippen LogP contribution in [0.3, 0.4) is 0 Å². The van der Waals surface area contributed by atoms with Crippen molar-refractivity contribution < 1.29 is 9.18 Å². The van der Waals surface area contributed by atoms with Gasteiger partial charge in [-0.2, -0.15) is 0 Å². The largest absolute Gasteiger partial charge is 0.312 e. The topological polar surface area (TPSA) is 20.3 Å². The van der Waals surface area contributed by atoms with E-state index in [1.54, 1.807) is 17.0 Å². The van der Waals surface area contributed by atoms with Gasteiger partial charge in [0.2, 0.25) is 5.91 Å². The van der Waals surface area contributed by atoms with Crippen LogP contribution in [0.25, 0.3) is 0 Å². The number of rotatable bonds is 2. The summed E-state index contributed by atoms with van der Waals surface area (Å²) in [6.07, 6.45) is 0.764. The lowest BCUT2D eigenvalue weighted by Gasteiger charge is -2.17. The van der Waals surface area contributed by atoms with Gasteiger partial charge in [-0.15, -0.1) is 0 Å². The van der Waals surface area contributed by atoms with E-state index in [0.29, 0.717) is 16.7 Å². The first-order valence-corrected chi connectivity index (χ1v) is 7.68. The van der Waals surface area contributed by atoms with Crippen LogP contribution in [0.2, 0.25) is 0 Å². The van der Waals surface area contributed by atoms with Crippen molar-refractivity contribution >= 4 is 27.5 Å². The molecule has 3 rings (SSSR count). The molecule has 2 aromatic rings. The van der Waals surface area contributed by atoms with Gasteiger partial charge in [0.25, 0.3) is 0 Å². The summed E-state index contributed by atoms with van der Waals surface area (Å²) in [5.74, 6) is -0.432. The highest BCUT2D eigenvalue weighted by molar-refractivity contribution is 9.10. The van der Waals surface area contributed by atoms with E-state index in [2.05, 4.69) is 15.9 Å². The molecule has 0 aliphatic carbocycles. The summed E-state index contributed by atoms with van der Waals surface area (Å²) in [6.45, 7) is 2.64. The van der Waals surface area contributed by atoms with Gasteiger partial charge in [-0.25, -0.2) is 4.39 Å². The monoisotopic (exact) mass is 347 g/mol. The number of hydrogen-bond acceptors (Lipinski definition) is 1. The molecule has 0 N–H and O–H groups in total. The highest BCUT2D eigenvalue weighted by Crippen LogP contribution is 2.33. The van der Waals surface area contributed by atoms with Crippen LogP contribution in [0.1, 0.15) is 23.5 Å². The zero-order valence-corrected chi connectivity index (χ0v) is 13.2. The first kappa shape index (κ1) is 14.3. The van der Waals surface area contributed by atoms with Crippen molar-refractivity contribution in [2.24, 2.45) is 0 Å². The molecule has 0 aromatic heterocycles. The minimum atomic E-state index is -0.348. The average Bonchev–Trinajstić information content (AvgIpc) is 2.84. The van der Waals surface area contributed by atoms with Gasteiger partial charge in [0.15, 0.2) is 0 Å². The molecule has 0 saturated carbocycles. The molecule has 0 spiro atoms. The molecule has 108 valence electrons. The van der Waals surface area contributed by atoms with Crippen LogP contribution in [0.15, 0.2) is 46.9 Å². The lowest BCUT2D eigenvalue weighted by atomic mass is 9.96. The molecule has 0 bridgehead atoms. The molecular formula is C17H15BrFNO. The molecule has 1 unspecified atom stereocenters. The van der Waals surface area contributed by atoms with Crippen LogP contribution >= 0.6 is 15.9 Å². The van der Waals surface area contributed by atoms with Crippen LogP contribution < -0.4 is 4.90 Å². The molecule has 21 heavy (non-hydrogen) atoms. The fourth-order valence-corrected chi connectivity index (χ4v) is 3.03. The molecule has 1 saturated heterocycles. The number of anilines is 1. The second kappa shape index (κ2) is 5.60. The van der Waals surface area contributed by atoms with E-state index >= 15 is 0 Å². The number of carbonyl (C=O) groups excluding carboxylic acids is 1. The van der Waals surface area contributed by atoms with Crippen LogP contribution in [-0.4, -0.2) is 12.5 Å². The Kier molecular flexibility index (Phi) is 3.81. The molecular weight excluding hydrogens is 333 g/mol. The van der Waals surface area contributed by atoms with Gasteiger partial charge >= 0.3 is 0 Å². The van der Waals surface area contributed by atoms with E-state index in [4.69, 9.17) is 0 Å². The number of halogens is 2. The molecule has 1 aliphatic rings. The Morgan fingerprint density at radius 2 is 2.05 bits per heavy atom. The Bertz CT molecular complexity index is 701. The standard InChI is InChI=1S/C17H15BrFNO/c1-11-3-2-4-12(9-11)14-7-8-20(17(14)21)13-5-6-15(18)16(19)10-13/h2-6,9-10,14H,7-8H2,1H3. The van der Waals surface area contributed by atoms with Crippen LogP contribution in [0.4, 0.5) is 10.1 Å². The van der Waals surface area contributed by atoms with Gasteiger partial charge in [-0.1, -0.05) is 29.8 Å². The normalized spacial score (nSPS) is 18.3. The fraction of sp³-hybridized carbons (Fsp3) is 0.235. The van der Waals surface area contributed by atoms with E-state index in [1.807, 2.05) is 31.2 Å². The molecule has 1 atom stereocenters. The summed E-state index contributed by atoms with van der Waals surface area (Å²) in [5.41, 5.74) is 2.81. The molecule has 0 radical (unpaired) electrons. The smallest absolute Gasteiger partial charge is 0.234 e. The van der Waals surface area contributed by atoms with E-state index in [0.717, 1.165) is 17.5 Å². The van der Waals surface area contributed by atoms with Crippen molar-refractivity contribution in [2.75, 3.05) is 11.4 Å². The van der Waals surface area contributed by atoms with Gasteiger partial charge in [-0.05, 0) is 53.0 Å². The van der Waals surface area contributed by atoms with Crippen molar-refractivity contribution in [2.45, 2.75) is 19.3 Å². The first-order valence-electron chi connectivity index (χ1n) is 6.89. The van der Waals surface area contributed by atoms with Gasteiger partial charge in [-0.3, -0.25) is 4.79 Å². The number of hydrogen-bond donors (Lipinski definition) is 0. The zero-order valence-electron chi connectivity index (χ0n) is 11.6. The second-order valence-electron chi connectivity index (χ2n) is 5.34. The van der Waals surface area contributed by atoms with Crippen molar-refractivity contribution in [3.8, 4) is 0 Å². The number of benzene rings is 2. The van der Waals surface area contributed by atoms with E-state index in [9.17, 15) is 9.18 Å². The third-order valence-electron chi connectivity index (χ3n) is 3.86. The minimum Gasteiger partial charge on any atom is -0.312 e. The summed E-state index contributed by atoms with van der Waals surface area (Å²) in [4.78, 5) is 14.3. The maximum absolute atomic E-state index is 13.6. The molecule has 2 nitrogen and oxygen atoms in total. The van der Waals surface area contributed by atoms with Crippen LogP contribution in [-0.2, 0) is 4.79 Å². The quantitative estimate of drug-likeness (QED) is 0.787. The van der Waals surface area contributed by atoms with Crippen molar-refractivity contribution in [3.05, 3.63) is 63.9 Å². The third kappa shape index (κ3) is 2.72. The molecule has 1 aliphatic heterocycles. The van der Waals surface area contributed by atoms with Crippen molar-refractivity contribution in [1.82, 2.24) is 0 Å². The summed E-state index contributed by atoms with van der Waals surface area (Å²) in [7, 11) is 0. The molecule has 2 aromatic carbocycles. The zero-order chi connectivity index (χ0) is 15.0. The van der Waals surface area contributed by atoms with Crippen LogP contribution in [0.5, 0.6) is 0 Å². The predicted molar refractivity (Wildman–Crippen MR) is 85.0 cm³/mol. The predicted octanol–water partition coefficient (Wildman–Crippen LogP) is 4.42. The number of nitrogens with zero attached hydrogens (tertiary/aromatic N) is 1. The van der Waals surface area contributed by atoms with Gasteiger partial charge in [0, 0.05) is 12.2 Å². The Hall–Kier alpha value is -1.68. The Morgan fingerprint density at radius 3 is 2.76 bits per heavy atom. The minimum absolute atomic E-state index is 0.0438. The molecule has 1 heterocycles. The average molecular weight is 348 g/mol. The van der Waals surface area contributed by atoms with Crippen molar-refractivity contribution in [1.29, 1.82) is 0 Å². The highest BCUT2D eigenvalue weighted by Gasteiger charge is 2.33. The Balaban J connectivity index is 1.88. The fourth-order valence-electron chi connectivity index (χ4n) is 2.79. The SMILES string of the molecule is Cc1cccc(C2CCN(c3ccc(Br)c(F)c3)C2=O)c1.